The van der Waals surface area contributed by atoms with Gasteiger partial charge in [-0.15, -0.1) is 0 Å². The largest absolute Gasteiger partial charge is 0.497 e. The number of benzene rings is 1. The van der Waals surface area contributed by atoms with E-state index in [-0.39, 0.29) is 25.8 Å². The molecule has 0 aromatic heterocycles. The van der Waals surface area contributed by atoms with Crippen LogP contribution in [-0.4, -0.2) is 96.4 Å². The van der Waals surface area contributed by atoms with Crippen LogP contribution in [0.15, 0.2) is 30.4 Å². The Hall–Kier alpha value is -4.34. The summed E-state index contributed by atoms with van der Waals surface area (Å²) >= 11 is 0. The van der Waals surface area contributed by atoms with Crippen LogP contribution in [0.25, 0.3) is 0 Å². The molecule has 1 aromatic carbocycles. The molecule has 0 spiro atoms. The molecule has 1 aromatic rings. The van der Waals surface area contributed by atoms with Crippen LogP contribution in [0, 0.1) is 5.92 Å². The Kier molecular flexibility index (Phi) is 10.5. The molecular weight excluding hydrogens is 694 g/mol. The second kappa shape index (κ2) is 14.6. The molecule has 0 bridgehead atoms. The van der Waals surface area contributed by atoms with Crippen molar-refractivity contribution < 1.29 is 46.6 Å². The number of hydrogen-bond donors (Lipinski definition) is 3. The van der Waals surface area contributed by atoms with E-state index in [2.05, 4.69) is 15.4 Å². The molecule has 3 aliphatic heterocycles. The van der Waals surface area contributed by atoms with Crippen molar-refractivity contribution in [1.29, 1.82) is 0 Å². The highest BCUT2D eigenvalue weighted by atomic mass is 32.2. The molecule has 2 aliphatic carbocycles. The molecule has 284 valence electrons. The normalized spacial score (nSPS) is 28.5. The summed E-state index contributed by atoms with van der Waals surface area (Å²) in [5.74, 6) is -1.85. The van der Waals surface area contributed by atoms with Gasteiger partial charge in [0.25, 0.3) is 5.91 Å². The highest BCUT2D eigenvalue weighted by Crippen LogP contribution is 2.46. The first-order valence-corrected chi connectivity index (χ1v) is 19.6. The highest BCUT2D eigenvalue weighted by Gasteiger charge is 2.62. The van der Waals surface area contributed by atoms with Crippen molar-refractivity contribution in [2.24, 2.45) is 5.92 Å². The monoisotopic (exact) mass is 743 g/mol. The fraction of sp³-hybridized carbons (Fsp3) is 0.639. The third-order valence-corrected chi connectivity index (χ3v) is 12.0. The molecule has 3 fully saturated rings. The van der Waals surface area contributed by atoms with Crippen LogP contribution in [0.3, 0.4) is 0 Å². The number of methoxy groups -OCH3 is 1. The molecule has 6 rings (SSSR count). The van der Waals surface area contributed by atoms with Gasteiger partial charge in [-0.25, -0.2) is 18.0 Å². The van der Waals surface area contributed by atoms with Crippen LogP contribution in [0.4, 0.5) is 9.59 Å². The number of carbonyl (C=O) groups excluding carboxylic acids is 5. The van der Waals surface area contributed by atoms with Gasteiger partial charge in [0, 0.05) is 25.4 Å². The lowest BCUT2D eigenvalue weighted by atomic mass is 10.0. The van der Waals surface area contributed by atoms with Gasteiger partial charge in [-0.05, 0) is 82.6 Å². The number of hydrogen-bond acceptors (Lipinski definition) is 10. The van der Waals surface area contributed by atoms with Gasteiger partial charge >= 0.3 is 12.2 Å². The van der Waals surface area contributed by atoms with Crippen molar-refractivity contribution in [3.05, 3.63) is 41.5 Å². The van der Waals surface area contributed by atoms with Gasteiger partial charge in [-0.2, -0.15) is 0 Å². The first-order valence-electron chi connectivity index (χ1n) is 18.0. The average Bonchev–Trinajstić information content (AvgIpc) is 3.96. The van der Waals surface area contributed by atoms with Crippen LogP contribution in [0.1, 0.15) is 89.7 Å². The quantitative estimate of drug-likeness (QED) is 0.366. The number of allylic oxidation sites excluding steroid dienone is 1. The summed E-state index contributed by atoms with van der Waals surface area (Å²) in [6.07, 6.45) is 5.56. The van der Waals surface area contributed by atoms with E-state index >= 15 is 0 Å². The summed E-state index contributed by atoms with van der Waals surface area (Å²) in [6, 6.07) is 3.33. The molecule has 1 saturated heterocycles. The minimum Gasteiger partial charge on any atom is -0.497 e. The second-order valence-corrected chi connectivity index (χ2v) is 17.4. The number of carbonyl (C=O) groups is 5. The van der Waals surface area contributed by atoms with Gasteiger partial charge in [0.05, 0.1) is 18.9 Å². The minimum atomic E-state index is -3.90. The van der Waals surface area contributed by atoms with Crippen molar-refractivity contribution in [1.82, 2.24) is 25.2 Å². The lowest BCUT2D eigenvalue weighted by Gasteiger charge is -2.30. The fourth-order valence-corrected chi connectivity index (χ4v) is 8.51. The number of rotatable bonds is 6. The van der Waals surface area contributed by atoms with Gasteiger partial charge in [0.1, 0.15) is 35.1 Å². The third kappa shape index (κ3) is 8.48. The van der Waals surface area contributed by atoms with Crippen LogP contribution in [0.2, 0.25) is 0 Å². The zero-order valence-corrected chi connectivity index (χ0v) is 31.0. The number of ether oxygens (including phenoxy) is 3. The van der Waals surface area contributed by atoms with Crippen molar-refractivity contribution in [2.75, 3.05) is 13.7 Å². The molecule has 3 N–H and O–H groups in total. The topological polar surface area (TPSA) is 190 Å². The second-order valence-electron chi connectivity index (χ2n) is 15.5. The standard InChI is InChI=1S/C36H49N5O10S/c1-35(2,3)51-33(45)37-28-11-9-7-5-6-8-10-24-18-36(24,32(44)39-52(47,48)27-14-15-27)38-30(42)29-17-26(21-41(29)31(28)43)50-34(46)40-19-22-12-13-25(49-4)16-23(22)20-40/h8,10,12-13,16,24,26-29H,5-7,9,11,14-15,17-21H2,1-4H3,(H,37,45)(H,38,42)(H,39,44)/b10-8-/t24-,26-,28+,29?,36-/m1/s1. The smallest absolute Gasteiger partial charge is 0.410 e. The SMILES string of the molecule is COc1ccc2c(c1)CN(C(=O)O[C@@H]1CC3C(=O)N[C@]4(C(=O)NS(=O)(=O)C5CC5)C[C@H]4/C=C\CCCCC[C@H](NC(=O)OC(C)(C)C)C(=O)N3C1)C2. The molecule has 52 heavy (non-hydrogen) atoms. The summed E-state index contributed by atoms with van der Waals surface area (Å²) in [5.41, 5.74) is -0.489. The summed E-state index contributed by atoms with van der Waals surface area (Å²) in [7, 11) is -2.34. The molecule has 5 amide bonds. The van der Waals surface area contributed by atoms with Crippen LogP contribution >= 0.6 is 0 Å². The molecular formula is C36H49N5O10S. The molecule has 2 saturated carbocycles. The van der Waals surface area contributed by atoms with E-state index in [4.69, 9.17) is 14.2 Å². The predicted octanol–water partition coefficient (Wildman–Crippen LogP) is 3.01. The summed E-state index contributed by atoms with van der Waals surface area (Å²) in [4.78, 5) is 71.3. The molecule has 5 aliphatic rings. The van der Waals surface area contributed by atoms with E-state index in [0.29, 0.717) is 44.5 Å². The number of nitrogens with one attached hydrogen (secondary N) is 3. The van der Waals surface area contributed by atoms with Crippen molar-refractivity contribution in [3.63, 3.8) is 0 Å². The van der Waals surface area contributed by atoms with Crippen LogP contribution in [-0.2, 0) is 47.0 Å². The van der Waals surface area contributed by atoms with E-state index in [9.17, 15) is 32.4 Å². The van der Waals surface area contributed by atoms with Gasteiger partial charge < -0.3 is 29.7 Å². The number of sulfonamides is 1. The van der Waals surface area contributed by atoms with Crippen molar-refractivity contribution in [3.8, 4) is 5.75 Å². The first-order chi connectivity index (χ1) is 24.6. The zero-order valence-electron chi connectivity index (χ0n) is 30.1. The number of amides is 5. The van der Waals surface area contributed by atoms with Crippen molar-refractivity contribution >= 4 is 39.9 Å². The van der Waals surface area contributed by atoms with Crippen LogP contribution in [0.5, 0.6) is 5.75 Å². The van der Waals surface area contributed by atoms with E-state index in [0.717, 1.165) is 24.0 Å². The van der Waals surface area contributed by atoms with Gasteiger partial charge in [-0.3, -0.25) is 24.0 Å². The maximum Gasteiger partial charge on any atom is 0.410 e. The molecule has 15 nitrogen and oxygen atoms in total. The average molecular weight is 744 g/mol. The maximum atomic E-state index is 14.3. The summed E-state index contributed by atoms with van der Waals surface area (Å²) in [6.45, 7) is 5.60. The van der Waals surface area contributed by atoms with Crippen molar-refractivity contribution in [2.45, 2.75) is 126 Å². The molecule has 3 heterocycles. The Morgan fingerprint density at radius 2 is 1.77 bits per heavy atom. The van der Waals surface area contributed by atoms with E-state index in [1.807, 2.05) is 30.4 Å². The van der Waals surface area contributed by atoms with E-state index in [1.54, 1.807) is 27.9 Å². The van der Waals surface area contributed by atoms with E-state index in [1.165, 1.54) is 9.80 Å². The van der Waals surface area contributed by atoms with Crippen LogP contribution < -0.4 is 20.1 Å². The summed E-state index contributed by atoms with van der Waals surface area (Å²) < 4.78 is 44.4. The fourth-order valence-electron chi connectivity index (χ4n) is 7.14. The van der Waals surface area contributed by atoms with E-state index < -0.39 is 80.4 Å². The van der Waals surface area contributed by atoms with Gasteiger partial charge in [0.2, 0.25) is 21.8 Å². The zero-order chi connectivity index (χ0) is 37.4. The number of nitrogens with zero attached hydrogens (tertiary/aromatic N) is 2. The van der Waals surface area contributed by atoms with Gasteiger partial charge in [0.15, 0.2) is 0 Å². The third-order valence-electron chi connectivity index (χ3n) is 10.2. The Bertz CT molecular complexity index is 1740. The predicted molar refractivity (Wildman–Crippen MR) is 187 cm³/mol. The Labute approximate surface area is 304 Å². The molecule has 1 unspecified atom stereocenters. The lowest BCUT2D eigenvalue weighted by molar-refractivity contribution is -0.141. The lowest BCUT2D eigenvalue weighted by Crippen LogP contribution is -2.58. The maximum absolute atomic E-state index is 14.3. The van der Waals surface area contributed by atoms with Gasteiger partial charge in [-0.1, -0.05) is 31.1 Å². The number of fused-ring (bicyclic) bond motifs is 3. The summed E-state index contributed by atoms with van der Waals surface area (Å²) in [5, 5.41) is 4.87. The first kappa shape index (κ1) is 37.4. The molecule has 5 atom stereocenters. The molecule has 16 heteroatoms. The molecule has 0 radical (unpaired) electrons. The Morgan fingerprint density at radius 3 is 2.48 bits per heavy atom. The minimum absolute atomic E-state index is 0.0738. The highest BCUT2D eigenvalue weighted by molar-refractivity contribution is 7.91. The Morgan fingerprint density at radius 1 is 1.02 bits per heavy atom. The Balaban J connectivity index is 1.24. The number of alkyl carbamates (subject to hydrolysis) is 1.